The first-order chi connectivity index (χ1) is 9.47. The minimum absolute atomic E-state index is 0.145. The largest absolute Gasteiger partial charge is 0.310 e. The number of rotatable bonds is 6. The summed E-state index contributed by atoms with van der Waals surface area (Å²) < 4.78 is 22.4. The maximum atomic E-state index is 11.2. The summed E-state index contributed by atoms with van der Waals surface area (Å²) in [5.41, 5.74) is 2.38. The Morgan fingerprint density at radius 1 is 1.25 bits per heavy atom. The van der Waals surface area contributed by atoms with E-state index in [0.717, 1.165) is 18.5 Å². The molecule has 3 N–H and O–H groups in total. The van der Waals surface area contributed by atoms with Crippen molar-refractivity contribution >= 4 is 21.4 Å². The molecule has 2 rings (SSSR count). The SMILES string of the molecule is CC(NCCc1ccsc1)c1ccc(S(N)(=O)=O)cc1. The Bertz CT molecular complexity index is 634. The van der Waals surface area contributed by atoms with E-state index in [1.54, 1.807) is 35.6 Å². The second kappa shape index (κ2) is 6.49. The third-order valence-corrected chi connectivity index (χ3v) is 4.81. The van der Waals surface area contributed by atoms with Gasteiger partial charge in [-0.3, -0.25) is 0 Å². The van der Waals surface area contributed by atoms with Crippen LogP contribution in [0.5, 0.6) is 0 Å². The van der Waals surface area contributed by atoms with Crippen molar-refractivity contribution in [3.8, 4) is 0 Å². The molecule has 2 aromatic rings. The average Bonchev–Trinajstić information content (AvgIpc) is 2.91. The number of benzene rings is 1. The van der Waals surface area contributed by atoms with Gasteiger partial charge in [-0.25, -0.2) is 13.6 Å². The van der Waals surface area contributed by atoms with E-state index in [4.69, 9.17) is 5.14 Å². The summed E-state index contributed by atoms with van der Waals surface area (Å²) in [6.45, 7) is 2.94. The zero-order valence-corrected chi connectivity index (χ0v) is 12.9. The summed E-state index contributed by atoms with van der Waals surface area (Å²) >= 11 is 1.70. The highest BCUT2D eigenvalue weighted by Gasteiger charge is 2.09. The number of nitrogens with one attached hydrogen (secondary N) is 1. The Morgan fingerprint density at radius 2 is 1.95 bits per heavy atom. The lowest BCUT2D eigenvalue weighted by Crippen LogP contribution is -2.21. The van der Waals surface area contributed by atoms with Crippen molar-refractivity contribution in [3.63, 3.8) is 0 Å². The normalized spacial score (nSPS) is 13.3. The molecule has 4 nitrogen and oxygen atoms in total. The van der Waals surface area contributed by atoms with Crippen LogP contribution in [0.3, 0.4) is 0 Å². The first-order valence-corrected chi connectivity index (χ1v) is 8.83. The van der Waals surface area contributed by atoms with Gasteiger partial charge < -0.3 is 5.32 Å². The summed E-state index contributed by atoms with van der Waals surface area (Å²) in [6.07, 6.45) is 0.989. The molecular weight excluding hydrogens is 292 g/mol. The van der Waals surface area contributed by atoms with Crippen LogP contribution < -0.4 is 10.5 Å². The van der Waals surface area contributed by atoms with Crippen molar-refractivity contribution in [2.75, 3.05) is 6.54 Å². The fraction of sp³-hybridized carbons (Fsp3) is 0.286. The van der Waals surface area contributed by atoms with Crippen LogP contribution in [0.25, 0.3) is 0 Å². The molecule has 6 heteroatoms. The van der Waals surface area contributed by atoms with Crippen LogP contribution in [0.4, 0.5) is 0 Å². The number of hydrogen-bond donors (Lipinski definition) is 2. The van der Waals surface area contributed by atoms with Crippen molar-refractivity contribution < 1.29 is 8.42 Å². The second-order valence-electron chi connectivity index (χ2n) is 4.67. The first-order valence-electron chi connectivity index (χ1n) is 6.34. The van der Waals surface area contributed by atoms with Crippen LogP contribution in [-0.4, -0.2) is 15.0 Å². The zero-order valence-electron chi connectivity index (χ0n) is 11.2. The van der Waals surface area contributed by atoms with Crippen molar-refractivity contribution in [1.82, 2.24) is 5.32 Å². The fourth-order valence-corrected chi connectivity index (χ4v) is 3.15. The molecule has 108 valence electrons. The quantitative estimate of drug-likeness (QED) is 0.860. The Hall–Kier alpha value is -1.21. The van der Waals surface area contributed by atoms with Crippen LogP contribution in [0, 0.1) is 0 Å². The van der Waals surface area contributed by atoms with Gasteiger partial charge in [0.2, 0.25) is 10.0 Å². The van der Waals surface area contributed by atoms with E-state index < -0.39 is 10.0 Å². The molecule has 20 heavy (non-hydrogen) atoms. The third kappa shape index (κ3) is 4.14. The van der Waals surface area contributed by atoms with Gasteiger partial charge in [0.1, 0.15) is 0 Å². The van der Waals surface area contributed by atoms with Crippen molar-refractivity contribution in [3.05, 3.63) is 52.2 Å². The molecule has 0 amide bonds. The van der Waals surface area contributed by atoms with Gasteiger partial charge in [0.15, 0.2) is 0 Å². The summed E-state index contributed by atoms with van der Waals surface area (Å²) in [5.74, 6) is 0. The van der Waals surface area contributed by atoms with Gasteiger partial charge in [0.05, 0.1) is 4.90 Å². The van der Waals surface area contributed by atoms with Gasteiger partial charge in [-0.15, -0.1) is 0 Å². The lowest BCUT2D eigenvalue weighted by molar-refractivity contribution is 0.576. The van der Waals surface area contributed by atoms with Crippen LogP contribution >= 0.6 is 11.3 Å². The summed E-state index contributed by atoms with van der Waals surface area (Å²) in [6, 6.07) is 8.97. The molecule has 0 aliphatic rings. The van der Waals surface area contributed by atoms with Gasteiger partial charge >= 0.3 is 0 Å². The van der Waals surface area contributed by atoms with E-state index in [0.29, 0.717) is 0 Å². The molecule has 0 spiro atoms. The topological polar surface area (TPSA) is 72.2 Å². The van der Waals surface area contributed by atoms with E-state index in [2.05, 4.69) is 29.1 Å². The lowest BCUT2D eigenvalue weighted by Gasteiger charge is -2.14. The van der Waals surface area contributed by atoms with Crippen LogP contribution in [0.15, 0.2) is 46.0 Å². The molecule has 1 heterocycles. The number of primary sulfonamides is 1. The van der Waals surface area contributed by atoms with E-state index in [9.17, 15) is 8.42 Å². The third-order valence-electron chi connectivity index (χ3n) is 3.15. The molecule has 1 aromatic heterocycles. The maximum Gasteiger partial charge on any atom is 0.238 e. The molecule has 1 unspecified atom stereocenters. The Morgan fingerprint density at radius 3 is 2.50 bits per heavy atom. The van der Waals surface area contributed by atoms with E-state index in [1.165, 1.54) is 5.56 Å². The second-order valence-corrected chi connectivity index (χ2v) is 7.01. The number of nitrogens with two attached hydrogens (primary N) is 1. The van der Waals surface area contributed by atoms with Gasteiger partial charge in [0.25, 0.3) is 0 Å². The van der Waals surface area contributed by atoms with Crippen molar-refractivity contribution in [2.24, 2.45) is 5.14 Å². The van der Waals surface area contributed by atoms with Crippen molar-refractivity contribution in [2.45, 2.75) is 24.3 Å². The Labute approximate surface area is 123 Å². The highest BCUT2D eigenvalue weighted by Crippen LogP contribution is 2.15. The molecule has 0 aliphatic heterocycles. The smallest absolute Gasteiger partial charge is 0.238 e. The molecule has 0 bridgehead atoms. The first kappa shape index (κ1) is 15.2. The minimum Gasteiger partial charge on any atom is -0.310 e. The fourth-order valence-electron chi connectivity index (χ4n) is 1.93. The van der Waals surface area contributed by atoms with Crippen LogP contribution in [0.1, 0.15) is 24.1 Å². The predicted octanol–water partition coefficient (Wildman–Crippen LogP) is 2.29. The number of thiophene rings is 1. The van der Waals surface area contributed by atoms with Crippen molar-refractivity contribution in [1.29, 1.82) is 0 Å². The molecule has 0 aliphatic carbocycles. The average molecular weight is 310 g/mol. The standard InChI is InChI=1S/C14H18N2O2S2/c1-11(16-8-6-12-7-9-19-10-12)13-2-4-14(5-3-13)20(15,17)18/h2-5,7,9-11,16H,6,8H2,1H3,(H2,15,17,18). The van der Waals surface area contributed by atoms with Gasteiger partial charge in [-0.05, 0) is 60.0 Å². The molecule has 0 saturated heterocycles. The monoisotopic (exact) mass is 310 g/mol. The van der Waals surface area contributed by atoms with Gasteiger partial charge in [-0.2, -0.15) is 11.3 Å². The van der Waals surface area contributed by atoms with Crippen LogP contribution in [0.2, 0.25) is 0 Å². The van der Waals surface area contributed by atoms with E-state index in [-0.39, 0.29) is 10.9 Å². The number of hydrogen-bond acceptors (Lipinski definition) is 4. The minimum atomic E-state index is -3.61. The molecule has 0 fully saturated rings. The predicted molar refractivity (Wildman–Crippen MR) is 82.3 cm³/mol. The number of sulfonamides is 1. The molecular formula is C14H18N2O2S2. The highest BCUT2D eigenvalue weighted by atomic mass is 32.2. The zero-order chi connectivity index (χ0) is 14.6. The molecule has 0 radical (unpaired) electrons. The van der Waals surface area contributed by atoms with Gasteiger partial charge in [0, 0.05) is 6.04 Å². The van der Waals surface area contributed by atoms with Gasteiger partial charge in [-0.1, -0.05) is 12.1 Å². The summed E-state index contributed by atoms with van der Waals surface area (Å²) in [7, 11) is -3.61. The summed E-state index contributed by atoms with van der Waals surface area (Å²) in [4.78, 5) is 0.145. The highest BCUT2D eigenvalue weighted by molar-refractivity contribution is 7.89. The molecule has 1 aromatic carbocycles. The Kier molecular flexibility index (Phi) is 4.93. The maximum absolute atomic E-state index is 11.2. The van der Waals surface area contributed by atoms with Crippen LogP contribution in [-0.2, 0) is 16.4 Å². The lowest BCUT2D eigenvalue weighted by atomic mass is 10.1. The molecule has 1 atom stereocenters. The Balaban J connectivity index is 1.90. The molecule has 0 saturated carbocycles. The van der Waals surface area contributed by atoms with E-state index >= 15 is 0 Å². The summed E-state index contributed by atoms with van der Waals surface area (Å²) in [5, 5.41) is 12.7. The van der Waals surface area contributed by atoms with E-state index in [1.807, 2.05) is 0 Å².